The zero-order valence-electron chi connectivity index (χ0n) is 15.1. The third kappa shape index (κ3) is 3.75. The zero-order chi connectivity index (χ0) is 18.0. The Morgan fingerprint density at radius 3 is 2.96 bits per heavy atom. The minimum Gasteiger partial charge on any atom is -0.491 e. The van der Waals surface area contributed by atoms with Gasteiger partial charge in [-0.25, -0.2) is 0 Å². The predicted molar refractivity (Wildman–Crippen MR) is 96.7 cm³/mol. The largest absolute Gasteiger partial charge is 0.491 e. The summed E-state index contributed by atoms with van der Waals surface area (Å²) in [6, 6.07) is 11.7. The number of aromatic nitrogens is 2. The van der Waals surface area contributed by atoms with Crippen LogP contribution in [0.5, 0.6) is 5.75 Å². The van der Waals surface area contributed by atoms with E-state index in [-0.39, 0.29) is 17.6 Å². The van der Waals surface area contributed by atoms with E-state index < -0.39 is 0 Å². The molecule has 0 aliphatic carbocycles. The molecular weight excluding hydrogens is 330 g/mol. The zero-order valence-corrected chi connectivity index (χ0v) is 15.1. The molecule has 1 amide bonds. The molecular formula is C20H25N3O3. The van der Waals surface area contributed by atoms with Gasteiger partial charge in [-0.2, -0.15) is 5.10 Å². The molecule has 0 saturated carbocycles. The lowest BCUT2D eigenvalue weighted by molar-refractivity contribution is -0.136. The van der Waals surface area contributed by atoms with Crippen LogP contribution in [0.1, 0.15) is 19.8 Å². The molecule has 0 spiro atoms. The number of amides is 1. The van der Waals surface area contributed by atoms with Crippen LogP contribution in [-0.4, -0.2) is 52.0 Å². The second-order valence-electron chi connectivity index (χ2n) is 7.50. The van der Waals surface area contributed by atoms with Crippen molar-refractivity contribution in [2.45, 2.75) is 38.0 Å². The Kier molecular flexibility index (Phi) is 4.68. The second-order valence-corrected chi connectivity index (χ2v) is 7.50. The molecule has 0 radical (unpaired) electrons. The fourth-order valence-electron chi connectivity index (χ4n) is 4.03. The van der Waals surface area contributed by atoms with Gasteiger partial charge in [-0.3, -0.25) is 9.48 Å². The van der Waals surface area contributed by atoms with Gasteiger partial charge in [0.25, 0.3) is 0 Å². The highest BCUT2D eigenvalue weighted by Gasteiger charge is 2.46. The van der Waals surface area contributed by atoms with Crippen LogP contribution in [0, 0.1) is 5.92 Å². The number of fused-ring (bicyclic) bond motifs is 1. The quantitative estimate of drug-likeness (QED) is 0.826. The third-order valence-electron chi connectivity index (χ3n) is 5.29. The number of hydrogen-bond acceptors (Lipinski definition) is 4. The predicted octanol–water partition coefficient (Wildman–Crippen LogP) is 2.36. The first-order chi connectivity index (χ1) is 12.6. The first-order valence-electron chi connectivity index (χ1n) is 9.22. The maximum atomic E-state index is 12.5. The van der Waals surface area contributed by atoms with Crippen molar-refractivity contribution >= 4 is 5.91 Å². The highest BCUT2D eigenvalue weighted by Crippen LogP contribution is 2.39. The molecule has 138 valence electrons. The molecule has 2 aliphatic rings. The standard InChI is InChI=1S/C20H25N3O3/c1-20(15-25-17-6-3-2-4-7-17)12-16-13-22(11-8-18(16)26-20)19(24)14-23-10-5-9-21-23/h2-7,9-10,16,18H,8,11-15H2,1H3/t16-,18+,20-/m1/s1. The average molecular weight is 355 g/mol. The topological polar surface area (TPSA) is 56.6 Å². The van der Waals surface area contributed by atoms with E-state index >= 15 is 0 Å². The van der Waals surface area contributed by atoms with Crippen LogP contribution in [0.25, 0.3) is 0 Å². The van der Waals surface area contributed by atoms with Crippen molar-refractivity contribution < 1.29 is 14.3 Å². The van der Waals surface area contributed by atoms with E-state index in [0.717, 1.165) is 31.7 Å². The van der Waals surface area contributed by atoms with Gasteiger partial charge in [0.2, 0.25) is 5.91 Å². The van der Waals surface area contributed by atoms with Crippen LogP contribution in [0.2, 0.25) is 0 Å². The fourth-order valence-corrected chi connectivity index (χ4v) is 4.03. The Labute approximate surface area is 153 Å². The Morgan fingerprint density at radius 1 is 1.35 bits per heavy atom. The van der Waals surface area contributed by atoms with E-state index in [4.69, 9.17) is 9.47 Å². The molecule has 3 heterocycles. The second kappa shape index (κ2) is 7.11. The van der Waals surface area contributed by atoms with Crippen molar-refractivity contribution in [3.05, 3.63) is 48.8 Å². The minimum absolute atomic E-state index is 0.126. The van der Waals surface area contributed by atoms with E-state index in [1.165, 1.54) is 0 Å². The van der Waals surface area contributed by atoms with Crippen LogP contribution in [0.3, 0.4) is 0 Å². The Morgan fingerprint density at radius 2 is 2.19 bits per heavy atom. The number of ether oxygens (including phenoxy) is 2. The minimum atomic E-state index is -0.299. The Hall–Kier alpha value is -2.34. The summed E-state index contributed by atoms with van der Waals surface area (Å²) in [4.78, 5) is 14.5. The SMILES string of the molecule is C[C@]1(COc2ccccc2)C[C@@H]2CN(C(=O)Cn3cccn3)CC[C@@H]2O1. The monoisotopic (exact) mass is 355 g/mol. The van der Waals surface area contributed by atoms with Crippen molar-refractivity contribution in [3.8, 4) is 5.75 Å². The third-order valence-corrected chi connectivity index (χ3v) is 5.29. The summed E-state index contributed by atoms with van der Waals surface area (Å²) < 4.78 is 13.9. The molecule has 0 unspecified atom stereocenters. The molecule has 2 aromatic rings. The van der Waals surface area contributed by atoms with Gasteiger partial charge >= 0.3 is 0 Å². The van der Waals surface area contributed by atoms with Crippen LogP contribution in [0.4, 0.5) is 0 Å². The van der Waals surface area contributed by atoms with Crippen molar-refractivity contribution in [2.75, 3.05) is 19.7 Å². The number of carbonyl (C=O) groups is 1. The lowest BCUT2D eigenvalue weighted by atomic mass is 9.89. The molecule has 2 aliphatic heterocycles. The number of piperidine rings is 1. The van der Waals surface area contributed by atoms with E-state index in [2.05, 4.69) is 12.0 Å². The first kappa shape index (κ1) is 17.1. The van der Waals surface area contributed by atoms with E-state index in [1.807, 2.05) is 47.5 Å². The summed E-state index contributed by atoms with van der Waals surface area (Å²) in [6.45, 7) is 4.46. The van der Waals surface area contributed by atoms with Crippen molar-refractivity contribution in [1.82, 2.24) is 14.7 Å². The van der Waals surface area contributed by atoms with E-state index in [1.54, 1.807) is 10.9 Å². The molecule has 6 heteroatoms. The maximum absolute atomic E-state index is 12.5. The number of benzene rings is 1. The number of nitrogens with zero attached hydrogens (tertiary/aromatic N) is 3. The number of rotatable bonds is 5. The fraction of sp³-hybridized carbons (Fsp3) is 0.500. The molecule has 26 heavy (non-hydrogen) atoms. The lowest BCUT2D eigenvalue weighted by Gasteiger charge is -2.34. The van der Waals surface area contributed by atoms with Gasteiger partial charge in [0.1, 0.15) is 24.5 Å². The Bertz CT molecular complexity index is 734. The van der Waals surface area contributed by atoms with Gasteiger partial charge in [-0.1, -0.05) is 18.2 Å². The van der Waals surface area contributed by atoms with Crippen molar-refractivity contribution in [3.63, 3.8) is 0 Å². The highest BCUT2D eigenvalue weighted by molar-refractivity contribution is 5.76. The summed E-state index contributed by atoms with van der Waals surface area (Å²) >= 11 is 0. The summed E-state index contributed by atoms with van der Waals surface area (Å²) in [5, 5.41) is 4.12. The smallest absolute Gasteiger partial charge is 0.244 e. The molecule has 3 atom stereocenters. The first-order valence-corrected chi connectivity index (χ1v) is 9.22. The average Bonchev–Trinajstić information content (AvgIpc) is 3.27. The maximum Gasteiger partial charge on any atom is 0.244 e. The van der Waals surface area contributed by atoms with Crippen LogP contribution in [-0.2, 0) is 16.1 Å². The van der Waals surface area contributed by atoms with E-state index in [9.17, 15) is 4.79 Å². The van der Waals surface area contributed by atoms with Gasteiger partial charge in [0.05, 0.1) is 6.10 Å². The number of hydrogen-bond donors (Lipinski definition) is 0. The van der Waals surface area contributed by atoms with Gasteiger partial charge < -0.3 is 14.4 Å². The molecule has 2 saturated heterocycles. The van der Waals surface area contributed by atoms with Gasteiger partial charge in [-0.15, -0.1) is 0 Å². The van der Waals surface area contributed by atoms with Gasteiger partial charge in [-0.05, 0) is 38.0 Å². The number of para-hydroxylation sites is 1. The normalized spacial score (nSPS) is 28.0. The molecule has 6 nitrogen and oxygen atoms in total. The van der Waals surface area contributed by atoms with Crippen LogP contribution >= 0.6 is 0 Å². The van der Waals surface area contributed by atoms with Crippen LogP contribution in [0.15, 0.2) is 48.8 Å². The van der Waals surface area contributed by atoms with E-state index in [0.29, 0.717) is 19.1 Å². The number of carbonyl (C=O) groups excluding carboxylic acids is 1. The van der Waals surface area contributed by atoms with Crippen molar-refractivity contribution in [1.29, 1.82) is 0 Å². The molecule has 0 N–H and O–H groups in total. The molecule has 4 rings (SSSR count). The summed E-state index contributed by atoms with van der Waals surface area (Å²) in [5.41, 5.74) is -0.299. The molecule has 1 aromatic heterocycles. The van der Waals surface area contributed by atoms with Gasteiger partial charge in [0.15, 0.2) is 0 Å². The lowest BCUT2D eigenvalue weighted by Crippen LogP contribution is -2.45. The molecule has 2 fully saturated rings. The Balaban J connectivity index is 1.33. The highest BCUT2D eigenvalue weighted by atomic mass is 16.6. The molecule has 0 bridgehead atoms. The van der Waals surface area contributed by atoms with Crippen LogP contribution < -0.4 is 4.74 Å². The summed E-state index contributed by atoms with van der Waals surface area (Å²) in [6.07, 6.45) is 5.53. The van der Waals surface area contributed by atoms with Crippen molar-refractivity contribution in [2.24, 2.45) is 5.92 Å². The number of likely N-dealkylation sites (tertiary alicyclic amines) is 1. The summed E-state index contributed by atoms with van der Waals surface area (Å²) in [5.74, 6) is 1.36. The molecule has 1 aromatic carbocycles. The van der Waals surface area contributed by atoms with Gasteiger partial charge in [0, 0.05) is 31.4 Å². The summed E-state index contributed by atoms with van der Waals surface area (Å²) in [7, 11) is 0.